The van der Waals surface area contributed by atoms with Crippen LogP contribution >= 0.6 is 34.2 Å². The number of aromatic nitrogens is 2. The second kappa shape index (κ2) is 9.81. The SMILES string of the molecule is CCN1CN(CCCI)n2cc(C(=O)NCc3nccc(Cl)c3F)c(=O)c(O)c2C1=N. The van der Waals surface area contributed by atoms with Gasteiger partial charge in [-0.25, -0.2) is 4.39 Å². The Morgan fingerprint density at radius 3 is 2.90 bits per heavy atom. The number of pyridine rings is 2. The van der Waals surface area contributed by atoms with Gasteiger partial charge in [0.2, 0.25) is 5.43 Å². The highest BCUT2D eigenvalue weighted by molar-refractivity contribution is 14.1. The van der Waals surface area contributed by atoms with Gasteiger partial charge in [-0.1, -0.05) is 34.2 Å². The predicted octanol–water partition coefficient (Wildman–Crippen LogP) is 2.05. The number of hydrogen-bond donors (Lipinski definition) is 3. The lowest BCUT2D eigenvalue weighted by atomic mass is 10.1. The molecule has 2 aromatic rings. The summed E-state index contributed by atoms with van der Waals surface area (Å²) >= 11 is 7.97. The van der Waals surface area contributed by atoms with Crippen molar-refractivity contribution >= 4 is 45.9 Å². The molecule has 1 aliphatic rings. The Bertz CT molecular complexity index is 1080. The lowest BCUT2D eigenvalue weighted by molar-refractivity contribution is 0.0947. The number of alkyl halides is 1. The summed E-state index contributed by atoms with van der Waals surface area (Å²) in [7, 11) is 0. The first kappa shape index (κ1) is 23.3. The highest BCUT2D eigenvalue weighted by Gasteiger charge is 2.31. The Morgan fingerprint density at radius 2 is 2.23 bits per heavy atom. The van der Waals surface area contributed by atoms with Gasteiger partial charge in [-0.2, -0.15) is 0 Å². The van der Waals surface area contributed by atoms with Gasteiger partial charge in [0.25, 0.3) is 5.91 Å². The number of hydrogen-bond acceptors (Lipinski definition) is 6. The first-order valence-corrected chi connectivity index (χ1v) is 11.4. The molecule has 0 saturated carbocycles. The molecule has 0 unspecified atom stereocenters. The first-order chi connectivity index (χ1) is 14.8. The number of carbonyl (C=O) groups excluding carboxylic acids is 1. The zero-order valence-electron chi connectivity index (χ0n) is 16.7. The van der Waals surface area contributed by atoms with Crippen LogP contribution in [0.1, 0.15) is 35.1 Å². The van der Waals surface area contributed by atoms with Gasteiger partial charge in [-0.05, 0) is 19.4 Å². The minimum atomic E-state index is -0.903. The Hall–Kier alpha value is -2.41. The number of nitrogens with zero attached hydrogens (tertiary/aromatic N) is 4. The van der Waals surface area contributed by atoms with Crippen molar-refractivity contribution in [1.82, 2.24) is 19.9 Å². The molecule has 0 spiro atoms. The van der Waals surface area contributed by atoms with E-state index in [1.165, 1.54) is 23.1 Å². The van der Waals surface area contributed by atoms with E-state index in [1.54, 1.807) is 4.90 Å². The third kappa shape index (κ3) is 4.61. The standard InChI is InChI=1S/C19H21ClFIN6O3/c1-2-26-10-27(7-3-5-22)28-9-11(16(29)17(30)15(28)18(26)23)19(31)25-8-13-14(21)12(20)4-6-24-13/h4,6,9,23,30H,2-3,5,7-8,10H2,1H3,(H,25,31). The Morgan fingerprint density at radius 1 is 1.48 bits per heavy atom. The molecule has 0 atom stereocenters. The van der Waals surface area contributed by atoms with Crippen molar-refractivity contribution in [3.63, 3.8) is 0 Å². The molecule has 0 saturated heterocycles. The Kier molecular flexibility index (Phi) is 7.36. The second-order valence-electron chi connectivity index (χ2n) is 6.77. The topological polar surface area (TPSA) is 115 Å². The van der Waals surface area contributed by atoms with Crippen LogP contribution in [0.2, 0.25) is 5.02 Å². The van der Waals surface area contributed by atoms with Gasteiger partial charge in [0, 0.05) is 29.9 Å². The van der Waals surface area contributed by atoms with E-state index in [4.69, 9.17) is 17.0 Å². The highest BCUT2D eigenvalue weighted by atomic mass is 127. The highest BCUT2D eigenvalue weighted by Crippen LogP contribution is 2.21. The van der Waals surface area contributed by atoms with E-state index >= 15 is 0 Å². The summed E-state index contributed by atoms with van der Waals surface area (Å²) in [6.07, 6.45) is 3.45. The molecule has 3 N–H and O–H groups in total. The van der Waals surface area contributed by atoms with E-state index in [2.05, 4.69) is 32.9 Å². The lowest BCUT2D eigenvalue weighted by Crippen LogP contribution is -2.54. The molecule has 0 aliphatic carbocycles. The molecule has 166 valence electrons. The Balaban J connectivity index is 1.96. The maximum Gasteiger partial charge on any atom is 0.257 e. The van der Waals surface area contributed by atoms with Crippen molar-refractivity contribution in [2.45, 2.75) is 19.9 Å². The van der Waals surface area contributed by atoms with Crippen molar-refractivity contribution in [2.24, 2.45) is 0 Å². The van der Waals surface area contributed by atoms with Crippen molar-refractivity contribution in [1.29, 1.82) is 5.41 Å². The van der Waals surface area contributed by atoms with Gasteiger partial charge in [-0.15, -0.1) is 0 Å². The third-order valence-electron chi connectivity index (χ3n) is 4.85. The van der Waals surface area contributed by atoms with E-state index in [0.29, 0.717) is 19.8 Å². The maximum atomic E-state index is 14.0. The number of amidine groups is 1. The van der Waals surface area contributed by atoms with Crippen LogP contribution in [0.15, 0.2) is 23.3 Å². The van der Waals surface area contributed by atoms with Crippen molar-refractivity contribution < 1.29 is 14.3 Å². The van der Waals surface area contributed by atoms with E-state index in [-0.39, 0.29) is 34.4 Å². The van der Waals surface area contributed by atoms with Crippen LogP contribution in [-0.2, 0) is 6.54 Å². The summed E-state index contributed by atoms with van der Waals surface area (Å²) in [4.78, 5) is 31.0. The van der Waals surface area contributed by atoms with Crippen LogP contribution < -0.4 is 15.8 Å². The predicted molar refractivity (Wildman–Crippen MR) is 123 cm³/mol. The zero-order valence-corrected chi connectivity index (χ0v) is 19.6. The van der Waals surface area contributed by atoms with Crippen LogP contribution in [0, 0.1) is 11.2 Å². The molecule has 31 heavy (non-hydrogen) atoms. The molecule has 0 bridgehead atoms. The monoisotopic (exact) mass is 562 g/mol. The van der Waals surface area contributed by atoms with Gasteiger partial charge in [0.15, 0.2) is 23.1 Å². The van der Waals surface area contributed by atoms with Crippen molar-refractivity contribution in [2.75, 3.05) is 29.2 Å². The smallest absolute Gasteiger partial charge is 0.257 e. The van der Waals surface area contributed by atoms with Gasteiger partial charge in [0.1, 0.15) is 12.2 Å². The molecule has 1 amide bonds. The zero-order chi connectivity index (χ0) is 22.7. The van der Waals surface area contributed by atoms with Crippen LogP contribution in [0.5, 0.6) is 5.75 Å². The van der Waals surface area contributed by atoms with Crippen LogP contribution in [0.4, 0.5) is 4.39 Å². The van der Waals surface area contributed by atoms with E-state index < -0.39 is 22.9 Å². The Labute approximate surface area is 196 Å². The molecule has 1 aliphatic heterocycles. The largest absolute Gasteiger partial charge is 0.503 e. The fourth-order valence-electron chi connectivity index (χ4n) is 3.20. The number of aromatic hydroxyl groups is 1. The van der Waals surface area contributed by atoms with E-state index in [1.807, 2.05) is 11.9 Å². The maximum absolute atomic E-state index is 14.0. The van der Waals surface area contributed by atoms with Gasteiger partial charge in [-0.3, -0.25) is 29.7 Å². The number of carbonyl (C=O) groups is 1. The van der Waals surface area contributed by atoms with Crippen molar-refractivity contribution in [3.05, 3.63) is 56.5 Å². The number of amides is 1. The minimum absolute atomic E-state index is 0.0000184. The molecule has 3 rings (SSSR count). The molecule has 12 heteroatoms. The summed E-state index contributed by atoms with van der Waals surface area (Å²) in [6.45, 7) is 3.08. The molecular weight excluding hydrogens is 542 g/mol. The second-order valence-corrected chi connectivity index (χ2v) is 8.25. The number of rotatable bonds is 7. The first-order valence-electron chi connectivity index (χ1n) is 9.50. The van der Waals surface area contributed by atoms with Crippen LogP contribution in [-0.4, -0.2) is 55.6 Å². The van der Waals surface area contributed by atoms with E-state index in [0.717, 1.165) is 10.8 Å². The van der Waals surface area contributed by atoms with E-state index in [9.17, 15) is 19.1 Å². The summed E-state index contributed by atoms with van der Waals surface area (Å²) < 4.78 is 16.4. The fourth-order valence-corrected chi connectivity index (χ4v) is 3.71. The molecular formula is C19H21ClFIN6O3. The van der Waals surface area contributed by atoms with Gasteiger partial charge in [0.05, 0.1) is 17.3 Å². The van der Waals surface area contributed by atoms with Crippen LogP contribution in [0.3, 0.4) is 0 Å². The molecule has 0 fully saturated rings. The molecule has 2 aromatic heterocycles. The minimum Gasteiger partial charge on any atom is -0.503 e. The number of nitrogens with one attached hydrogen (secondary N) is 2. The summed E-state index contributed by atoms with van der Waals surface area (Å²) in [5, 5.41) is 23.1. The third-order valence-corrected chi connectivity index (χ3v) is 5.91. The average molecular weight is 563 g/mol. The molecule has 9 nitrogen and oxygen atoms in total. The summed E-state index contributed by atoms with van der Waals surface area (Å²) in [5.41, 5.74) is -1.27. The number of fused-ring (bicyclic) bond motifs is 1. The van der Waals surface area contributed by atoms with Crippen molar-refractivity contribution in [3.8, 4) is 5.75 Å². The fraction of sp³-hybridized carbons (Fsp3) is 0.368. The van der Waals surface area contributed by atoms with Gasteiger partial charge >= 0.3 is 0 Å². The lowest BCUT2D eigenvalue weighted by Gasteiger charge is -2.41. The number of halogens is 3. The molecule has 0 aromatic carbocycles. The quantitative estimate of drug-likeness (QED) is 0.352. The molecule has 3 heterocycles. The van der Waals surface area contributed by atoms with Gasteiger partial charge < -0.3 is 15.3 Å². The summed E-state index contributed by atoms with van der Waals surface area (Å²) in [5.74, 6) is -2.23. The van der Waals surface area contributed by atoms with Crippen LogP contribution in [0.25, 0.3) is 0 Å². The summed E-state index contributed by atoms with van der Waals surface area (Å²) in [6, 6.07) is 1.29. The average Bonchev–Trinajstić information content (AvgIpc) is 2.76. The molecule has 0 radical (unpaired) electrons. The normalized spacial score (nSPS) is 13.4.